The molecule has 0 bridgehead atoms. The number of fused-ring (bicyclic) bond motifs is 1. The van der Waals surface area contributed by atoms with Crippen LogP contribution in [0.5, 0.6) is 11.5 Å². The Morgan fingerprint density at radius 3 is 2.88 bits per heavy atom. The average molecular weight is 252 g/mol. The summed E-state index contributed by atoms with van der Waals surface area (Å²) in [7, 11) is 0. The molecule has 1 aromatic rings. The minimum Gasteiger partial charge on any atom is -0.454 e. The summed E-state index contributed by atoms with van der Waals surface area (Å²) in [6.07, 6.45) is 0. The second-order valence-electron chi connectivity index (χ2n) is 3.68. The Morgan fingerprint density at radius 1 is 1.47 bits per heavy atom. The van der Waals surface area contributed by atoms with Crippen molar-refractivity contribution in [2.45, 2.75) is 6.92 Å². The molecular formula is C11H12N2O3S. The molecule has 1 aliphatic rings. The van der Waals surface area contributed by atoms with Crippen molar-refractivity contribution in [1.29, 1.82) is 0 Å². The lowest BCUT2D eigenvalue weighted by Gasteiger charge is -2.10. The van der Waals surface area contributed by atoms with Crippen molar-refractivity contribution in [3.63, 3.8) is 0 Å². The van der Waals surface area contributed by atoms with Crippen LogP contribution in [-0.4, -0.2) is 17.7 Å². The molecule has 0 saturated heterocycles. The van der Waals surface area contributed by atoms with Crippen LogP contribution < -0.4 is 20.5 Å². The van der Waals surface area contributed by atoms with Gasteiger partial charge in [-0.1, -0.05) is 12.2 Å². The lowest BCUT2D eigenvalue weighted by Crippen LogP contribution is -2.30. The maximum absolute atomic E-state index is 11.7. The smallest absolute Gasteiger partial charge is 0.234 e. The summed E-state index contributed by atoms with van der Waals surface area (Å²) >= 11 is 4.76. The number of ether oxygens (including phenoxy) is 2. The second-order valence-corrected chi connectivity index (χ2v) is 4.15. The number of rotatable bonds is 3. The molecular weight excluding hydrogens is 240 g/mol. The average Bonchev–Trinajstić information content (AvgIpc) is 2.74. The van der Waals surface area contributed by atoms with Crippen LogP contribution in [0.3, 0.4) is 0 Å². The highest BCUT2D eigenvalue weighted by molar-refractivity contribution is 7.80. The van der Waals surface area contributed by atoms with E-state index in [0.717, 1.165) is 0 Å². The number of carbonyl (C=O) groups is 1. The van der Waals surface area contributed by atoms with E-state index in [2.05, 4.69) is 5.32 Å². The lowest BCUT2D eigenvalue weighted by atomic mass is 10.1. The summed E-state index contributed by atoms with van der Waals surface area (Å²) < 4.78 is 10.4. The molecule has 0 saturated carbocycles. The van der Waals surface area contributed by atoms with Gasteiger partial charge in [-0.05, 0) is 19.1 Å². The molecule has 2 rings (SSSR count). The third-order valence-corrected chi connectivity index (χ3v) is 2.81. The second kappa shape index (κ2) is 4.58. The van der Waals surface area contributed by atoms with Crippen molar-refractivity contribution in [3.05, 3.63) is 18.2 Å². The van der Waals surface area contributed by atoms with Crippen molar-refractivity contribution in [3.8, 4) is 11.5 Å². The van der Waals surface area contributed by atoms with Gasteiger partial charge in [-0.3, -0.25) is 4.79 Å². The van der Waals surface area contributed by atoms with Gasteiger partial charge < -0.3 is 20.5 Å². The van der Waals surface area contributed by atoms with E-state index in [9.17, 15) is 4.79 Å². The number of nitrogens with two attached hydrogens (primary N) is 1. The summed E-state index contributed by atoms with van der Waals surface area (Å²) in [4.78, 5) is 11.9. The van der Waals surface area contributed by atoms with Gasteiger partial charge in [0.1, 0.15) is 0 Å². The Morgan fingerprint density at radius 2 is 2.18 bits per heavy atom. The van der Waals surface area contributed by atoms with E-state index < -0.39 is 5.92 Å². The van der Waals surface area contributed by atoms with Crippen LogP contribution in [0, 0.1) is 5.92 Å². The largest absolute Gasteiger partial charge is 0.454 e. The van der Waals surface area contributed by atoms with Crippen LogP contribution in [0.2, 0.25) is 0 Å². The molecule has 1 atom stereocenters. The molecule has 0 fully saturated rings. The highest BCUT2D eigenvalue weighted by Crippen LogP contribution is 2.34. The van der Waals surface area contributed by atoms with E-state index in [0.29, 0.717) is 17.2 Å². The van der Waals surface area contributed by atoms with Gasteiger partial charge in [-0.2, -0.15) is 0 Å². The first-order valence-corrected chi connectivity index (χ1v) is 5.48. The standard InChI is InChI=1S/C11H12N2O3S/c1-6(10(12)17)11(14)13-7-2-3-8-9(4-7)16-5-15-8/h2-4,6H,5H2,1H3,(H2,12,17)(H,13,14). The van der Waals surface area contributed by atoms with Crippen molar-refractivity contribution in [2.24, 2.45) is 11.7 Å². The molecule has 90 valence electrons. The molecule has 1 unspecified atom stereocenters. The fourth-order valence-electron chi connectivity index (χ4n) is 1.35. The number of nitrogens with one attached hydrogen (secondary N) is 1. The van der Waals surface area contributed by atoms with Crippen molar-refractivity contribution in [1.82, 2.24) is 0 Å². The summed E-state index contributed by atoms with van der Waals surface area (Å²) in [5, 5.41) is 2.71. The highest BCUT2D eigenvalue weighted by Gasteiger charge is 2.18. The molecule has 5 nitrogen and oxygen atoms in total. The Hall–Kier alpha value is -1.82. The molecule has 6 heteroatoms. The highest BCUT2D eigenvalue weighted by atomic mass is 32.1. The zero-order valence-corrected chi connectivity index (χ0v) is 10.0. The van der Waals surface area contributed by atoms with Crippen LogP contribution >= 0.6 is 12.2 Å². The number of hydrogen-bond donors (Lipinski definition) is 2. The number of thiocarbonyl (C=S) groups is 1. The minimum atomic E-state index is -0.504. The maximum Gasteiger partial charge on any atom is 0.234 e. The Bertz CT molecular complexity index is 476. The van der Waals surface area contributed by atoms with Gasteiger partial charge >= 0.3 is 0 Å². The third-order valence-electron chi connectivity index (χ3n) is 2.46. The van der Waals surface area contributed by atoms with E-state index in [1.807, 2.05) is 0 Å². The molecule has 3 N–H and O–H groups in total. The molecule has 1 aliphatic heterocycles. The first-order chi connectivity index (χ1) is 8.08. The summed E-state index contributed by atoms with van der Waals surface area (Å²) in [6.45, 7) is 1.86. The molecule has 0 aliphatic carbocycles. The first kappa shape index (κ1) is 11.7. The van der Waals surface area contributed by atoms with Gasteiger partial charge in [-0.25, -0.2) is 0 Å². The zero-order chi connectivity index (χ0) is 12.4. The van der Waals surface area contributed by atoms with E-state index in [-0.39, 0.29) is 17.7 Å². The first-order valence-electron chi connectivity index (χ1n) is 5.08. The molecule has 1 amide bonds. The van der Waals surface area contributed by atoms with Gasteiger partial charge in [-0.15, -0.1) is 0 Å². The molecule has 1 aromatic carbocycles. The van der Waals surface area contributed by atoms with Gasteiger partial charge in [0.05, 0.1) is 10.9 Å². The topological polar surface area (TPSA) is 73.6 Å². The number of benzene rings is 1. The van der Waals surface area contributed by atoms with Crippen molar-refractivity contribution in [2.75, 3.05) is 12.1 Å². The van der Waals surface area contributed by atoms with Crippen LogP contribution in [0.1, 0.15) is 6.92 Å². The van der Waals surface area contributed by atoms with Crippen LogP contribution in [0.4, 0.5) is 5.69 Å². The third kappa shape index (κ3) is 2.47. The van der Waals surface area contributed by atoms with Crippen molar-refractivity contribution >= 4 is 28.8 Å². The van der Waals surface area contributed by atoms with E-state index in [4.69, 9.17) is 27.4 Å². The van der Waals surface area contributed by atoms with Crippen LogP contribution in [0.15, 0.2) is 18.2 Å². The van der Waals surface area contributed by atoms with Gasteiger partial charge in [0.15, 0.2) is 11.5 Å². The van der Waals surface area contributed by atoms with Gasteiger partial charge in [0, 0.05) is 11.8 Å². The molecule has 17 heavy (non-hydrogen) atoms. The number of anilines is 1. The molecule has 1 heterocycles. The summed E-state index contributed by atoms with van der Waals surface area (Å²) in [5.41, 5.74) is 6.03. The summed E-state index contributed by atoms with van der Waals surface area (Å²) in [5.74, 6) is 0.544. The monoisotopic (exact) mass is 252 g/mol. The van der Waals surface area contributed by atoms with E-state index in [1.165, 1.54) is 0 Å². The maximum atomic E-state index is 11.7. The predicted molar refractivity (Wildman–Crippen MR) is 67.1 cm³/mol. The Kier molecular flexibility index (Phi) is 3.14. The molecule has 0 spiro atoms. The SMILES string of the molecule is CC(C(=O)Nc1ccc2c(c1)OCO2)C(N)=S. The molecule has 0 aromatic heterocycles. The Labute approximate surface area is 104 Å². The van der Waals surface area contributed by atoms with Gasteiger partial charge in [0.2, 0.25) is 12.7 Å². The van der Waals surface area contributed by atoms with Crippen LogP contribution in [-0.2, 0) is 4.79 Å². The number of amides is 1. The minimum absolute atomic E-state index is 0.170. The van der Waals surface area contributed by atoms with E-state index in [1.54, 1.807) is 25.1 Å². The fourth-order valence-corrected chi connectivity index (χ4v) is 1.46. The van der Waals surface area contributed by atoms with Crippen molar-refractivity contribution < 1.29 is 14.3 Å². The normalized spacial score (nSPS) is 14.2. The van der Waals surface area contributed by atoms with Gasteiger partial charge in [0.25, 0.3) is 0 Å². The molecule has 0 radical (unpaired) electrons. The number of hydrogen-bond acceptors (Lipinski definition) is 4. The quantitative estimate of drug-likeness (QED) is 0.793. The summed E-state index contributed by atoms with van der Waals surface area (Å²) in [6, 6.07) is 5.17. The van der Waals surface area contributed by atoms with E-state index >= 15 is 0 Å². The zero-order valence-electron chi connectivity index (χ0n) is 9.23. The Balaban J connectivity index is 2.09. The lowest BCUT2D eigenvalue weighted by molar-refractivity contribution is -0.117. The fraction of sp³-hybridized carbons (Fsp3) is 0.273. The van der Waals surface area contributed by atoms with Crippen LogP contribution in [0.25, 0.3) is 0 Å². The number of carbonyl (C=O) groups excluding carboxylic acids is 1. The predicted octanol–water partition coefficient (Wildman–Crippen LogP) is 1.28.